The van der Waals surface area contributed by atoms with E-state index in [2.05, 4.69) is 52.5 Å². The third-order valence-corrected chi connectivity index (χ3v) is 19.3. The summed E-state index contributed by atoms with van der Waals surface area (Å²) in [4.78, 5) is 148. The molecule has 19 N–H and O–H groups in total. The number of aromatic amines is 1. The van der Waals surface area contributed by atoms with Gasteiger partial charge in [0.05, 0.1) is 6.10 Å². The summed E-state index contributed by atoms with van der Waals surface area (Å²) in [6.45, 7) is 4.85. The van der Waals surface area contributed by atoms with Gasteiger partial charge in [0.2, 0.25) is 35.4 Å². The zero-order valence-electron chi connectivity index (χ0n) is 49.8. The van der Waals surface area contributed by atoms with E-state index in [4.69, 9.17) is 22.9 Å². The van der Waals surface area contributed by atoms with Crippen molar-refractivity contribution in [1.29, 1.82) is 0 Å². The maximum absolute atomic E-state index is 14.7. The summed E-state index contributed by atoms with van der Waals surface area (Å²) < 4.78 is 2.69. The zero-order chi connectivity index (χ0) is 64.7. The molecule has 1 aliphatic heterocycles. The van der Waals surface area contributed by atoms with Crippen molar-refractivity contribution < 1.29 is 53.4 Å². The number of benzene rings is 3. The Labute approximate surface area is 528 Å². The minimum atomic E-state index is -1.75. The second kappa shape index (κ2) is 34.9. The summed E-state index contributed by atoms with van der Waals surface area (Å²) in [5, 5.41) is 43.8. The van der Waals surface area contributed by atoms with E-state index in [1.165, 1.54) is 6.92 Å². The fourth-order valence-electron chi connectivity index (χ4n) is 9.74. The number of hydrogen-bond donors (Lipinski definition) is 15. The molecule has 0 spiro atoms. The van der Waals surface area contributed by atoms with Crippen molar-refractivity contribution in [2.24, 2.45) is 33.8 Å². The Balaban J connectivity index is 1.36. The van der Waals surface area contributed by atoms with E-state index in [0.717, 1.165) is 31.4 Å². The second-order valence-corrected chi connectivity index (χ2v) is 26.6. The van der Waals surface area contributed by atoms with E-state index in [9.17, 15) is 58.2 Å². The van der Waals surface area contributed by atoms with Gasteiger partial charge in [0, 0.05) is 35.8 Å². The van der Waals surface area contributed by atoms with Crippen LogP contribution in [0.1, 0.15) is 83.3 Å². The molecule has 30 heteroatoms. The van der Waals surface area contributed by atoms with Crippen LogP contribution in [0.5, 0.6) is 0 Å². The van der Waals surface area contributed by atoms with Gasteiger partial charge in [-0.3, -0.25) is 33.8 Å². The summed E-state index contributed by atoms with van der Waals surface area (Å²) in [6.07, 6.45) is 0.441. The number of carbonyl (C=O) groups excluding carboxylic acids is 8. The summed E-state index contributed by atoms with van der Waals surface area (Å²) >= 11 is -0.264. The molecule has 8 amide bonds. The number of carbonyl (C=O) groups is 9. The Bertz CT molecular complexity index is 3350. The molecule has 0 unspecified atom stereocenters. The number of rotatable bonds is 23. The molecule has 482 valence electrons. The molecular formula is C59H81N15O12S2Se. The SMILES string of the molecule is CC(C)C[C@H](NC(=O)[C@@H]1CSSC[C@H](NC(=O)CCc2ccc(-n3[se]c4ccccc4c3=O)cc2)C(=O)N[C@@H](CCN)C(=O)N[C@@H](CCCN=C(N)N)C(=O)N[C@@H](Cc2c[nH]c3ccccc23)C(=O)N[C@@H]([C@@H](C)O)C(=O)N[C@@H](CCCCN)C(=O)N1)C(=O)O. The van der Waals surface area contributed by atoms with Crippen molar-refractivity contribution in [3.8, 4) is 5.69 Å². The number of para-hydroxylation sites is 1. The number of aryl methyl sites for hydroxylation is 1. The van der Waals surface area contributed by atoms with Gasteiger partial charge in [0.25, 0.3) is 0 Å². The van der Waals surface area contributed by atoms with Gasteiger partial charge < -0.3 is 70.0 Å². The van der Waals surface area contributed by atoms with Gasteiger partial charge in [0.1, 0.15) is 42.3 Å². The molecule has 3 aromatic carbocycles. The molecule has 0 radical (unpaired) electrons. The molecule has 6 rings (SSSR count). The number of hydrogen-bond acceptors (Lipinski definition) is 16. The van der Waals surface area contributed by atoms with Crippen molar-refractivity contribution >= 4 is 116 Å². The number of aromatic nitrogens is 2. The molecule has 9 atom stereocenters. The minimum absolute atomic E-state index is 0.0187. The number of H-pyrrole nitrogens is 1. The van der Waals surface area contributed by atoms with Gasteiger partial charge in [-0.2, -0.15) is 0 Å². The van der Waals surface area contributed by atoms with Gasteiger partial charge in [-0.1, -0.05) is 42.8 Å². The Morgan fingerprint density at radius 1 is 0.708 bits per heavy atom. The molecule has 3 heterocycles. The van der Waals surface area contributed by atoms with Gasteiger partial charge in [-0.05, 0) is 82.5 Å². The average Bonchev–Trinajstić information content (AvgIpc) is 2.66. The van der Waals surface area contributed by atoms with Crippen LogP contribution < -0.4 is 71.0 Å². The van der Waals surface area contributed by atoms with Gasteiger partial charge >= 0.3 is 172 Å². The number of fused-ring (bicyclic) bond motifs is 2. The molecule has 1 saturated heterocycles. The standard InChI is InChI=1S/C59H81N15O12S2Se/c1-32(2)27-44(58(85)86)71-55(82)46-31-88-87-30-45(66-48(76)22-19-34-17-20-36(21-18-34)74-57(84)38-12-5-7-16-47(38)89-74)54(81)68-42(23-25-61)52(79)67-41(15-10-26-64-59(62)63)50(77)70-43(28-35-29-65-39-13-6-4-11-37(35)39)53(80)73-49(33(3)75)56(83)69-40(51(78)72-46)14-8-9-24-60/h4-7,11-13,16-18,20-21,29,32-33,40-46,49,65,75H,8-10,14-15,19,22-28,30-31,60-61H2,1-3H3,(H,66,76)(H,67,79)(H,68,81)(H,69,83)(H,70,77)(H,71,82)(H,72,78)(H,73,80)(H,85,86)(H4,62,63,64)/t33-,40+,41+,42+,43+,44+,45+,46+,49+/m1/s1. The second-order valence-electron chi connectivity index (χ2n) is 22.0. The summed E-state index contributed by atoms with van der Waals surface area (Å²) in [5.74, 6) is -9.13. The van der Waals surface area contributed by atoms with Crippen molar-refractivity contribution in [2.45, 2.75) is 139 Å². The van der Waals surface area contributed by atoms with E-state index in [-0.39, 0.29) is 121 Å². The van der Waals surface area contributed by atoms with Crippen LogP contribution in [0, 0.1) is 5.92 Å². The van der Waals surface area contributed by atoms with E-state index in [1.54, 1.807) is 78.2 Å². The Kier molecular flexibility index (Phi) is 27.6. The van der Waals surface area contributed by atoms with E-state index < -0.39 is 108 Å². The first-order chi connectivity index (χ1) is 42.6. The summed E-state index contributed by atoms with van der Waals surface area (Å²) in [5.41, 5.74) is 25.6. The number of unbranched alkanes of at least 4 members (excludes halogenated alkanes) is 1. The number of nitrogens with two attached hydrogens (primary N) is 4. The molecule has 1 fully saturated rings. The molecule has 89 heavy (non-hydrogen) atoms. The van der Waals surface area contributed by atoms with Gasteiger partial charge in [-0.25, -0.2) is 4.79 Å². The molecule has 0 aliphatic carbocycles. The number of nitrogens with zero attached hydrogens (tertiary/aromatic N) is 2. The average molecular weight is 1340 g/mol. The maximum atomic E-state index is 14.7. The molecule has 0 bridgehead atoms. The zero-order valence-corrected chi connectivity index (χ0v) is 53.1. The van der Waals surface area contributed by atoms with Crippen LogP contribution in [0.3, 0.4) is 0 Å². The first-order valence-electron chi connectivity index (χ1n) is 29.3. The first kappa shape index (κ1) is 70.4. The monoisotopic (exact) mass is 1340 g/mol. The fourth-order valence-corrected chi connectivity index (χ4v) is 14.2. The molecule has 27 nitrogen and oxygen atoms in total. The number of amides is 8. The number of aliphatic imine (C=N–C) groups is 1. The van der Waals surface area contributed by atoms with E-state index in [1.807, 2.05) is 18.2 Å². The van der Waals surface area contributed by atoms with Crippen molar-refractivity contribution in [3.05, 3.63) is 100 Å². The summed E-state index contributed by atoms with van der Waals surface area (Å²) in [6, 6.07) is 10.0. The quantitative estimate of drug-likeness (QED) is 0.0123. The van der Waals surface area contributed by atoms with Crippen LogP contribution in [0.25, 0.3) is 26.2 Å². The normalized spacial score (nSPS) is 21.1. The molecule has 1 aliphatic rings. The Hall–Kier alpha value is -7.73. The number of carboxylic acid groups (broad SMARTS) is 1. The number of nitrogens with one attached hydrogen (secondary N) is 9. The van der Waals surface area contributed by atoms with Crippen LogP contribution in [-0.2, 0) is 56.0 Å². The fraction of sp³-hybridized carbons (Fsp3) is 0.475. The first-order valence-corrected chi connectivity index (χ1v) is 33.5. The van der Waals surface area contributed by atoms with Crippen molar-refractivity contribution in [2.75, 3.05) is 31.1 Å². The molecule has 2 aromatic heterocycles. The minimum Gasteiger partial charge on any atom is -0.480 e. The third-order valence-electron chi connectivity index (χ3n) is 14.5. The van der Waals surface area contributed by atoms with E-state index >= 15 is 0 Å². The van der Waals surface area contributed by atoms with E-state index in [0.29, 0.717) is 34.0 Å². The van der Waals surface area contributed by atoms with Crippen LogP contribution in [0.15, 0.2) is 88.8 Å². The number of guanidine groups is 1. The predicted octanol–water partition coefficient (Wildman–Crippen LogP) is -0.979. The smallest absolute Gasteiger partial charge is 0.480 e. The molecule has 0 saturated carbocycles. The number of aliphatic hydroxyl groups is 1. The van der Waals surface area contributed by atoms with Crippen LogP contribution >= 0.6 is 21.6 Å². The van der Waals surface area contributed by atoms with Crippen molar-refractivity contribution in [3.63, 3.8) is 0 Å². The number of carboxylic acids is 1. The van der Waals surface area contributed by atoms with Crippen LogP contribution in [0.4, 0.5) is 0 Å². The number of aliphatic carboxylic acids is 1. The van der Waals surface area contributed by atoms with Crippen LogP contribution in [0.2, 0.25) is 0 Å². The predicted molar refractivity (Wildman–Crippen MR) is 342 cm³/mol. The molecule has 5 aromatic rings. The summed E-state index contributed by atoms with van der Waals surface area (Å²) in [7, 11) is 1.98. The third kappa shape index (κ3) is 21.2. The Morgan fingerprint density at radius 3 is 1.97 bits per heavy atom. The molecular weight excluding hydrogens is 1250 g/mol. The topological polar surface area (TPSA) is 445 Å². The van der Waals surface area contributed by atoms with Gasteiger partial charge in [-0.15, -0.1) is 0 Å². The van der Waals surface area contributed by atoms with Gasteiger partial charge in [0.15, 0.2) is 5.96 Å². The van der Waals surface area contributed by atoms with Crippen LogP contribution in [-0.4, -0.2) is 178 Å². The Morgan fingerprint density at radius 2 is 1.31 bits per heavy atom. The van der Waals surface area contributed by atoms with Crippen molar-refractivity contribution in [1.82, 2.24) is 51.1 Å². The number of aliphatic hydroxyl groups excluding tert-OH is 1.